The zero-order valence-electron chi connectivity index (χ0n) is 25.7. The summed E-state index contributed by atoms with van der Waals surface area (Å²) in [5, 5.41) is 13.8. The van der Waals surface area contributed by atoms with E-state index in [4.69, 9.17) is 24.9 Å². The summed E-state index contributed by atoms with van der Waals surface area (Å²) in [6.07, 6.45) is 10.3. The van der Waals surface area contributed by atoms with E-state index in [1.54, 1.807) is 7.11 Å². The Morgan fingerprint density at radius 3 is 2.88 bits per heavy atom. The van der Waals surface area contributed by atoms with E-state index in [0.717, 1.165) is 81.6 Å². The number of amidine groups is 1. The summed E-state index contributed by atoms with van der Waals surface area (Å²) in [5.41, 5.74) is 10.2. The van der Waals surface area contributed by atoms with Crippen molar-refractivity contribution in [3.63, 3.8) is 0 Å². The molecule has 0 aromatic heterocycles. The van der Waals surface area contributed by atoms with Crippen LogP contribution in [0.1, 0.15) is 58.3 Å². The normalized spacial score (nSPS) is 40.2. The number of allylic oxidation sites excluding steroid dienone is 2. The van der Waals surface area contributed by atoms with Crippen LogP contribution in [0, 0.1) is 29.1 Å². The quantitative estimate of drug-likeness (QED) is 0.499. The van der Waals surface area contributed by atoms with Gasteiger partial charge in [-0.15, -0.1) is 0 Å². The van der Waals surface area contributed by atoms with Crippen molar-refractivity contribution in [2.75, 3.05) is 53.1 Å². The molecule has 234 valence electrons. The summed E-state index contributed by atoms with van der Waals surface area (Å²) in [5.74, 6) is 0.517. The number of halogens is 1. The zero-order valence-corrected chi connectivity index (χ0v) is 25.7. The van der Waals surface area contributed by atoms with Gasteiger partial charge in [-0.1, -0.05) is 19.1 Å². The van der Waals surface area contributed by atoms with Crippen LogP contribution in [0.25, 0.3) is 0 Å². The number of nitrogens with two attached hydrogens (primary N) is 1. The molecule has 0 aromatic carbocycles. The molecule has 1 spiro atoms. The Balaban J connectivity index is 1.18. The molecule has 0 amide bonds. The Morgan fingerprint density at radius 1 is 1.26 bits per heavy atom. The summed E-state index contributed by atoms with van der Waals surface area (Å²) in [6.45, 7) is 7.22. The molecule has 0 saturated carbocycles. The number of likely N-dealkylation sites (tertiary alicyclic amines) is 1. The standard InChI is InChI=1S/C33H47FN6O3/c1-21-6-10-33(29-24(21)4-5-27(36)25(29)16-35)15-28-26(19-43-33)30(39-12-7-22(8-13-39)18-41-2)38-31(37-28)42-20-32-9-3-11-40(32)17-23(34)14-32/h4-5,21-23,25,27,30H,3,6-15,17-20,36H2,1-2H3,(H,37,38). The highest BCUT2D eigenvalue weighted by atomic mass is 19.1. The molecule has 0 radical (unpaired) electrons. The third kappa shape index (κ3) is 5.15. The van der Waals surface area contributed by atoms with Gasteiger partial charge in [0.05, 0.1) is 29.7 Å². The molecule has 7 rings (SSSR count). The highest BCUT2D eigenvalue weighted by molar-refractivity contribution is 5.78. The van der Waals surface area contributed by atoms with Crippen molar-refractivity contribution in [3.05, 3.63) is 34.6 Å². The van der Waals surface area contributed by atoms with Crippen LogP contribution in [0.2, 0.25) is 0 Å². The maximum Gasteiger partial charge on any atom is 0.290 e. The fourth-order valence-corrected chi connectivity index (χ4v) is 9.07. The molecule has 7 unspecified atom stereocenters. The minimum absolute atomic E-state index is 0.169. The molecule has 7 atom stereocenters. The molecular formula is C33H47FN6O3. The van der Waals surface area contributed by atoms with Crippen molar-refractivity contribution in [3.8, 4) is 6.07 Å². The van der Waals surface area contributed by atoms with Gasteiger partial charge in [0, 0.05) is 63.5 Å². The maximum atomic E-state index is 14.5. The molecule has 5 heterocycles. The molecule has 2 aliphatic carbocycles. The topological polar surface area (TPSA) is 108 Å². The van der Waals surface area contributed by atoms with E-state index in [9.17, 15) is 9.65 Å². The number of ether oxygens (including phenoxy) is 3. The largest absolute Gasteiger partial charge is 0.463 e. The van der Waals surface area contributed by atoms with Crippen LogP contribution in [-0.4, -0.2) is 98.5 Å². The lowest BCUT2D eigenvalue weighted by atomic mass is 9.64. The number of fused-ring (bicyclic) bond motifs is 2. The first-order valence-corrected chi connectivity index (χ1v) is 16.4. The summed E-state index contributed by atoms with van der Waals surface area (Å²) in [6, 6.07) is 2.71. The van der Waals surface area contributed by atoms with E-state index in [-0.39, 0.29) is 17.7 Å². The molecule has 0 aromatic rings. The highest BCUT2D eigenvalue weighted by Crippen LogP contribution is 2.51. The number of rotatable bonds is 5. The maximum absolute atomic E-state index is 14.5. The summed E-state index contributed by atoms with van der Waals surface area (Å²) < 4.78 is 33.4. The predicted molar refractivity (Wildman–Crippen MR) is 162 cm³/mol. The molecule has 43 heavy (non-hydrogen) atoms. The van der Waals surface area contributed by atoms with Crippen LogP contribution < -0.4 is 11.1 Å². The van der Waals surface area contributed by atoms with Gasteiger partial charge in [-0.05, 0) is 68.1 Å². The number of methoxy groups -OCH3 is 1. The third-order valence-corrected chi connectivity index (χ3v) is 11.4. The van der Waals surface area contributed by atoms with Crippen LogP contribution >= 0.6 is 0 Å². The number of nitrogens with one attached hydrogen (secondary N) is 1. The first-order valence-electron chi connectivity index (χ1n) is 16.4. The van der Waals surface area contributed by atoms with Crippen LogP contribution in [0.4, 0.5) is 4.39 Å². The number of alkyl halides is 1. The van der Waals surface area contributed by atoms with Crippen LogP contribution in [-0.2, 0) is 14.2 Å². The van der Waals surface area contributed by atoms with Crippen molar-refractivity contribution >= 4 is 6.02 Å². The molecule has 5 aliphatic heterocycles. The van der Waals surface area contributed by atoms with E-state index in [2.05, 4.69) is 34.2 Å². The van der Waals surface area contributed by atoms with Gasteiger partial charge in [-0.25, -0.2) is 9.38 Å². The fourth-order valence-electron chi connectivity index (χ4n) is 9.07. The van der Waals surface area contributed by atoms with Gasteiger partial charge >= 0.3 is 0 Å². The molecular weight excluding hydrogens is 547 g/mol. The predicted octanol–water partition coefficient (Wildman–Crippen LogP) is 3.40. The Morgan fingerprint density at radius 2 is 2.09 bits per heavy atom. The van der Waals surface area contributed by atoms with E-state index >= 15 is 0 Å². The summed E-state index contributed by atoms with van der Waals surface area (Å²) >= 11 is 0. The molecule has 0 bridgehead atoms. The minimum Gasteiger partial charge on any atom is -0.463 e. The van der Waals surface area contributed by atoms with Gasteiger partial charge in [0.15, 0.2) is 0 Å². The van der Waals surface area contributed by atoms with Crippen molar-refractivity contribution in [2.24, 2.45) is 28.5 Å². The Bertz CT molecular complexity index is 1270. The lowest BCUT2D eigenvalue weighted by molar-refractivity contribution is -0.0441. The zero-order chi connectivity index (χ0) is 29.8. The number of piperidine rings is 1. The second-order valence-electron chi connectivity index (χ2n) is 14.0. The lowest BCUT2D eigenvalue weighted by Crippen LogP contribution is -2.55. The first-order chi connectivity index (χ1) is 20.8. The summed E-state index contributed by atoms with van der Waals surface area (Å²) in [7, 11) is 1.78. The molecule has 10 heteroatoms. The van der Waals surface area contributed by atoms with Gasteiger partial charge in [0.25, 0.3) is 6.02 Å². The second-order valence-corrected chi connectivity index (χ2v) is 14.0. The van der Waals surface area contributed by atoms with Crippen LogP contribution in [0.3, 0.4) is 0 Å². The lowest BCUT2D eigenvalue weighted by Gasteiger charge is -2.50. The number of aliphatic imine (C=N–C) groups is 1. The first kappa shape index (κ1) is 29.4. The fraction of sp³-hybridized carbons (Fsp3) is 0.758. The van der Waals surface area contributed by atoms with E-state index < -0.39 is 17.7 Å². The Kier molecular flexibility index (Phi) is 7.92. The Labute approximate surface area is 255 Å². The van der Waals surface area contributed by atoms with Gasteiger partial charge in [-0.3, -0.25) is 9.80 Å². The monoisotopic (exact) mass is 594 g/mol. The Hall–Kier alpha value is -2.29. The van der Waals surface area contributed by atoms with E-state index in [1.807, 2.05) is 6.08 Å². The van der Waals surface area contributed by atoms with Crippen LogP contribution in [0.5, 0.6) is 0 Å². The van der Waals surface area contributed by atoms with Crippen molar-refractivity contribution in [1.82, 2.24) is 15.1 Å². The summed E-state index contributed by atoms with van der Waals surface area (Å²) in [4.78, 5) is 9.89. The third-order valence-electron chi connectivity index (χ3n) is 11.4. The van der Waals surface area contributed by atoms with Crippen molar-refractivity contribution in [1.29, 1.82) is 5.26 Å². The number of nitrogens with zero attached hydrogens (tertiary/aromatic N) is 4. The van der Waals surface area contributed by atoms with Crippen LogP contribution in [0.15, 0.2) is 39.6 Å². The SMILES string of the molecule is COCC1CCN(C2N=C(OCC34CCCN3CC(F)C4)NC3=C2COC2(CCC(C)C4=C2C(C#N)C(N)C=C4)C3)CC1. The van der Waals surface area contributed by atoms with Gasteiger partial charge in [0.2, 0.25) is 0 Å². The smallest absolute Gasteiger partial charge is 0.290 e. The average molecular weight is 595 g/mol. The van der Waals surface area contributed by atoms with E-state index in [1.165, 1.54) is 5.57 Å². The van der Waals surface area contributed by atoms with Gasteiger partial charge in [-0.2, -0.15) is 5.26 Å². The second kappa shape index (κ2) is 11.6. The number of nitriles is 1. The average Bonchev–Trinajstić information content (AvgIpc) is 3.54. The molecule has 7 aliphatic rings. The number of hydrogen-bond acceptors (Lipinski definition) is 9. The highest BCUT2D eigenvalue weighted by Gasteiger charge is 2.52. The van der Waals surface area contributed by atoms with Crippen molar-refractivity contribution < 1.29 is 18.6 Å². The molecule has 3 saturated heterocycles. The molecule has 3 fully saturated rings. The molecule has 3 N–H and O–H groups in total. The molecule has 9 nitrogen and oxygen atoms in total. The number of hydrogen-bond donors (Lipinski definition) is 2. The minimum atomic E-state index is -0.795. The van der Waals surface area contributed by atoms with Gasteiger partial charge < -0.3 is 25.3 Å². The van der Waals surface area contributed by atoms with E-state index in [0.29, 0.717) is 50.5 Å². The van der Waals surface area contributed by atoms with Gasteiger partial charge in [0.1, 0.15) is 18.9 Å². The van der Waals surface area contributed by atoms with Crippen molar-refractivity contribution in [2.45, 2.75) is 87.8 Å².